The molecular weight excluding hydrogens is 340 g/mol. The Balaban J connectivity index is 2.26. The van der Waals surface area contributed by atoms with E-state index >= 15 is 0 Å². The number of rotatable bonds is 7. The minimum absolute atomic E-state index is 0.115. The van der Waals surface area contributed by atoms with Crippen molar-refractivity contribution in [1.82, 2.24) is 9.21 Å². The molecule has 1 fully saturated rings. The lowest BCUT2D eigenvalue weighted by Crippen LogP contribution is -2.44. The molecule has 0 saturated carbocycles. The summed E-state index contributed by atoms with van der Waals surface area (Å²) in [6, 6.07) is 6.37. The molecule has 1 heterocycles. The fraction of sp³-hybridized carbons (Fsp3) is 0.611. The normalized spacial score (nSPS) is 18.9. The molecule has 1 aromatic carbocycles. The lowest BCUT2D eigenvalue weighted by molar-refractivity contribution is 0.0102. The quantitative estimate of drug-likeness (QED) is 0.741. The molecule has 1 unspecified atom stereocenters. The van der Waals surface area contributed by atoms with Gasteiger partial charge in [-0.2, -0.15) is 4.31 Å². The summed E-state index contributed by atoms with van der Waals surface area (Å²) in [6.07, 6.45) is 1.61. The number of ether oxygens (including phenoxy) is 1. The van der Waals surface area contributed by atoms with Crippen LogP contribution in [-0.2, 0) is 14.8 Å². The first-order chi connectivity index (χ1) is 11.9. The zero-order valence-corrected chi connectivity index (χ0v) is 16.1. The van der Waals surface area contributed by atoms with Gasteiger partial charge >= 0.3 is 0 Å². The van der Waals surface area contributed by atoms with Crippen molar-refractivity contribution < 1.29 is 17.9 Å². The van der Waals surface area contributed by atoms with Crippen LogP contribution in [0.15, 0.2) is 29.2 Å². The minimum Gasteiger partial charge on any atom is -0.376 e. The maximum atomic E-state index is 12.9. The van der Waals surface area contributed by atoms with Crippen molar-refractivity contribution >= 4 is 15.9 Å². The van der Waals surface area contributed by atoms with Gasteiger partial charge in [0.15, 0.2) is 0 Å². The van der Waals surface area contributed by atoms with Crippen molar-refractivity contribution in [2.24, 2.45) is 0 Å². The molecule has 25 heavy (non-hydrogen) atoms. The van der Waals surface area contributed by atoms with Gasteiger partial charge in [-0.05, 0) is 38.0 Å². The fourth-order valence-electron chi connectivity index (χ4n) is 2.98. The van der Waals surface area contributed by atoms with Gasteiger partial charge in [-0.1, -0.05) is 19.9 Å². The highest BCUT2D eigenvalue weighted by Gasteiger charge is 2.29. The highest BCUT2D eigenvalue weighted by atomic mass is 32.2. The van der Waals surface area contributed by atoms with E-state index in [-0.39, 0.29) is 16.9 Å². The Bertz CT molecular complexity index is 684. The summed E-state index contributed by atoms with van der Waals surface area (Å²) in [5.74, 6) is -0.115. The number of morpholine rings is 1. The molecule has 0 bridgehead atoms. The fourth-order valence-corrected chi connectivity index (χ4v) is 4.53. The van der Waals surface area contributed by atoms with E-state index in [9.17, 15) is 13.2 Å². The zero-order valence-electron chi connectivity index (χ0n) is 15.3. The predicted molar refractivity (Wildman–Crippen MR) is 97.1 cm³/mol. The first-order valence-electron chi connectivity index (χ1n) is 8.91. The average Bonchev–Trinajstić information content (AvgIpc) is 2.61. The number of sulfonamides is 1. The number of carbonyl (C=O) groups is 1. The number of amides is 1. The molecule has 1 saturated heterocycles. The Hall–Kier alpha value is -1.44. The molecule has 6 nitrogen and oxygen atoms in total. The third-order valence-corrected chi connectivity index (χ3v) is 6.06. The summed E-state index contributed by atoms with van der Waals surface area (Å²) in [6.45, 7) is 8.30. The number of carbonyl (C=O) groups excluding carboxylic acids is 1. The molecule has 1 aliphatic heterocycles. The smallest absolute Gasteiger partial charge is 0.253 e. The van der Waals surface area contributed by atoms with Crippen LogP contribution in [0.1, 0.15) is 44.0 Å². The summed E-state index contributed by atoms with van der Waals surface area (Å²) in [5, 5.41) is 0. The number of nitrogens with zero attached hydrogens (tertiary/aromatic N) is 2. The van der Waals surface area contributed by atoms with Crippen LogP contribution in [0.25, 0.3) is 0 Å². The van der Waals surface area contributed by atoms with Crippen molar-refractivity contribution in [2.75, 3.05) is 32.8 Å². The van der Waals surface area contributed by atoms with Crippen LogP contribution >= 0.6 is 0 Å². The molecule has 0 aliphatic carbocycles. The van der Waals surface area contributed by atoms with E-state index in [1.807, 2.05) is 20.8 Å². The molecule has 0 spiro atoms. The molecule has 1 aromatic rings. The van der Waals surface area contributed by atoms with Crippen molar-refractivity contribution in [2.45, 2.75) is 44.6 Å². The van der Waals surface area contributed by atoms with Crippen LogP contribution < -0.4 is 0 Å². The minimum atomic E-state index is -3.62. The first-order valence-corrected chi connectivity index (χ1v) is 10.3. The van der Waals surface area contributed by atoms with Crippen LogP contribution in [-0.4, -0.2) is 62.4 Å². The number of hydrogen-bond acceptors (Lipinski definition) is 4. The second-order valence-corrected chi connectivity index (χ2v) is 8.30. The van der Waals surface area contributed by atoms with E-state index in [4.69, 9.17) is 4.74 Å². The highest BCUT2D eigenvalue weighted by molar-refractivity contribution is 7.89. The average molecular weight is 368 g/mol. The summed E-state index contributed by atoms with van der Waals surface area (Å²) in [4.78, 5) is 14.7. The molecule has 0 radical (unpaired) electrons. The van der Waals surface area contributed by atoms with E-state index in [0.29, 0.717) is 38.3 Å². The molecule has 0 N–H and O–H groups in total. The van der Waals surface area contributed by atoms with Crippen LogP contribution in [0.5, 0.6) is 0 Å². The lowest BCUT2D eigenvalue weighted by Gasteiger charge is -2.30. The van der Waals surface area contributed by atoms with Gasteiger partial charge in [-0.15, -0.1) is 0 Å². The summed E-state index contributed by atoms with van der Waals surface area (Å²) in [5.41, 5.74) is 0.421. The van der Waals surface area contributed by atoms with E-state index in [1.54, 1.807) is 23.1 Å². The van der Waals surface area contributed by atoms with Crippen molar-refractivity contribution in [3.05, 3.63) is 29.8 Å². The summed E-state index contributed by atoms with van der Waals surface area (Å²) in [7, 11) is -3.62. The maximum absolute atomic E-state index is 12.9. The highest BCUT2D eigenvalue weighted by Crippen LogP contribution is 2.20. The first kappa shape index (κ1) is 19.9. The van der Waals surface area contributed by atoms with Gasteiger partial charge in [0, 0.05) is 31.7 Å². The monoisotopic (exact) mass is 368 g/mol. The van der Waals surface area contributed by atoms with Gasteiger partial charge < -0.3 is 9.64 Å². The predicted octanol–water partition coefficient (Wildman–Crippen LogP) is 2.36. The zero-order chi connectivity index (χ0) is 18.4. The van der Waals surface area contributed by atoms with Gasteiger partial charge in [0.25, 0.3) is 5.91 Å². The molecule has 1 amide bonds. The third kappa shape index (κ3) is 4.80. The second kappa shape index (κ2) is 8.78. The van der Waals surface area contributed by atoms with Crippen molar-refractivity contribution in [1.29, 1.82) is 0 Å². The van der Waals surface area contributed by atoms with Crippen LogP contribution in [0.4, 0.5) is 0 Å². The summed E-state index contributed by atoms with van der Waals surface area (Å²) >= 11 is 0. The van der Waals surface area contributed by atoms with E-state index in [0.717, 1.165) is 12.8 Å². The van der Waals surface area contributed by atoms with E-state index in [1.165, 1.54) is 10.4 Å². The van der Waals surface area contributed by atoms with Crippen molar-refractivity contribution in [3.63, 3.8) is 0 Å². The van der Waals surface area contributed by atoms with Gasteiger partial charge in [-0.3, -0.25) is 4.79 Å². The van der Waals surface area contributed by atoms with Crippen LogP contribution in [0, 0.1) is 0 Å². The van der Waals surface area contributed by atoms with Crippen LogP contribution in [0.3, 0.4) is 0 Å². The molecular formula is C18H28N2O4S. The molecule has 1 atom stereocenters. The number of hydrogen-bond donors (Lipinski definition) is 0. The van der Waals surface area contributed by atoms with E-state index in [2.05, 4.69) is 0 Å². The SMILES string of the molecule is CCCN(CCC)C(=O)c1cccc(S(=O)(=O)N2CCOC(C)C2)c1. The maximum Gasteiger partial charge on any atom is 0.253 e. The Kier molecular flexibility index (Phi) is 6.98. The van der Waals surface area contributed by atoms with Gasteiger partial charge in [0.05, 0.1) is 17.6 Å². The summed E-state index contributed by atoms with van der Waals surface area (Å²) < 4.78 is 32.6. The molecule has 7 heteroatoms. The Morgan fingerprint density at radius 2 is 1.96 bits per heavy atom. The van der Waals surface area contributed by atoms with Gasteiger partial charge in [0.2, 0.25) is 10.0 Å². The molecule has 1 aliphatic rings. The standard InChI is InChI=1S/C18H28N2O4S/c1-4-9-19(10-5-2)18(21)16-7-6-8-17(13-16)25(22,23)20-11-12-24-15(3)14-20/h6-8,13,15H,4-5,9-12,14H2,1-3H3. The third-order valence-electron chi connectivity index (χ3n) is 4.20. The van der Waals surface area contributed by atoms with Gasteiger partial charge in [0.1, 0.15) is 0 Å². The van der Waals surface area contributed by atoms with Crippen molar-refractivity contribution in [3.8, 4) is 0 Å². The lowest BCUT2D eigenvalue weighted by atomic mass is 10.2. The molecule has 0 aromatic heterocycles. The molecule has 2 rings (SSSR count). The molecule has 140 valence electrons. The van der Waals surface area contributed by atoms with E-state index < -0.39 is 10.0 Å². The Morgan fingerprint density at radius 1 is 1.28 bits per heavy atom. The van der Waals surface area contributed by atoms with Crippen LogP contribution in [0.2, 0.25) is 0 Å². The largest absolute Gasteiger partial charge is 0.376 e. The number of benzene rings is 1. The second-order valence-electron chi connectivity index (χ2n) is 6.36. The Morgan fingerprint density at radius 3 is 2.56 bits per heavy atom. The topological polar surface area (TPSA) is 66.9 Å². The Labute approximate surface area is 150 Å². The van der Waals surface area contributed by atoms with Gasteiger partial charge in [-0.25, -0.2) is 8.42 Å².